The van der Waals surface area contributed by atoms with E-state index in [-0.39, 0.29) is 0 Å². The Bertz CT molecular complexity index is 704. The Morgan fingerprint density at radius 1 is 1.26 bits per heavy atom. The lowest BCUT2D eigenvalue weighted by molar-refractivity contribution is 0.156. The summed E-state index contributed by atoms with van der Waals surface area (Å²) >= 11 is 6.34. The van der Waals surface area contributed by atoms with Crippen LogP contribution in [0.25, 0.3) is 0 Å². The van der Waals surface area contributed by atoms with Crippen LogP contribution in [0, 0.1) is 5.41 Å². The molecule has 6 nitrogen and oxygen atoms in total. The number of guanidine groups is 1. The van der Waals surface area contributed by atoms with Gasteiger partial charge < -0.3 is 24.4 Å². The maximum atomic E-state index is 6.34. The molecule has 0 aromatic heterocycles. The molecule has 1 spiro atoms. The number of halogens is 1. The van der Waals surface area contributed by atoms with Crippen molar-refractivity contribution in [3.63, 3.8) is 0 Å². The Kier molecular flexibility index (Phi) is 5.64. The highest BCUT2D eigenvalue weighted by Crippen LogP contribution is 2.39. The van der Waals surface area contributed by atoms with Crippen molar-refractivity contribution in [1.29, 1.82) is 0 Å². The van der Waals surface area contributed by atoms with E-state index >= 15 is 0 Å². The Hall–Kier alpha value is -1.66. The highest BCUT2D eigenvalue weighted by atomic mass is 35.5. The minimum absolute atomic E-state index is 0.333. The molecule has 1 N–H and O–H groups in total. The molecule has 0 aliphatic carbocycles. The van der Waals surface area contributed by atoms with Crippen molar-refractivity contribution in [3.8, 4) is 11.5 Å². The maximum absolute atomic E-state index is 6.34. The van der Waals surface area contributed by atoms with E-state index < -0.39 is 0 Å². The number of nitrogens with one attached hydrogen (secondary N) is 1. The molecule has 2 saturated heterocycles. The highest BCUT2D eigenvalue weighted by molar-refractivity contribution is 6.32. The summed E-state index contributed by atoms with van der Waals surface area (Å²) in [4.78, 5) is 7.25. The van der Waals surface area contributed by atoms with Crippen LogP contribution in [0.3, 0.4) is 0 Å². The zero-order valence-corrected chi connectivity index (χ0v) is 16.7. The predicted molar refractivity (Wildman–Crippen MR) is 106 cm³/mol. The van der Waals surface area contributed by atoms with Crippen LogP contribution in [-0.2, 0) is 11.2 Å². The second kappa shape index (κ2) is 8.15. The van der Waals surface area contributed by atoms with E-state index in [1.165, 1.54) is 12.8 Å². The van der Waals surface area contributed by atoms with Crippen LogP contribution in [0.4, 0.5) is 0 Å². The van der Waals surface area contributed by atoms with E-state index in [0.29, 0.717) is 35.9 Å². The molecule has 148 valence electrons. The van der Waals surface area contributed by atoms with Gasteiger partial charge in [0, 0.05) is 38.2 Å². The zero-order valence-electron chi connectivity index (χ0n) is 15.9. The van der Waals surface area contributed by atoms with Gasteiger partial charge in [0.2, 0.25) is 0 Å². The number of hydrogen-bond donors (Lipinski definition) is 1. The first kappa shape index (κ1) is 18.7. The van der Waals surface area contributed by atoms with E-state index in [1.54, 1.807) is 0 Å². The van der Waals surface area contributed by atoms with Crippen LogP contribution >= 0.6 is 11.6 Å². The summed E-state index contributed by atoms with van der Waals surface area (Å²) in [6.07, 6.45) is 3.17. The second-order valence-electron chi connectivity index (χ2n) is 7.56. The van der Waals surface area contributed by atoms with Crippen LogP contribution in [0.15, 0.2) is 17.1 Å². The molecule has 0 saturated carbocycles. The number of rotatable bonds is 4. The topological polar surface area (TPSA) is 55.3 Å². The average Bonchev–Trinajstić information content (AvgIpc) is 3.31. The van der Waals surface area contributed by atoms with Crippen LogP contribution in [0.1, 0.15) is 25.3 Å². The Morgan fingerprint density at radius 2 is 2.15 bits per heavy atom. The number of nitrogens with zero attached hydrogens (tertiary/aromatic N) is 2. The lowest BCUT2D eigenvalue weighted by atomic mass is 9.87. The molecule has 1 aromatic rings. The first-order valence-corrected chi connectivity index (χ1v) is 10.3. The number of hydrogen-bond acceptors (Lipinski definition) is 4. The molecule has 0 amide bonds. The second-order valence-corrected chi connectivity index (χ2v) is 7.97. The van der Waals surface area contributed by atoms with Crippen LogP contribution in [0.2, 0.25) is 5.02 Å². The van der Waals surface area contributed by atoms with Crippen molar-refractivity contribution in [2.24, 2.45) is 10.4 Å². The molecular formula is C20H28ClN3O3. The number of benzene rings is 1. The van der Waals surface area contributed by atoms with Gasteiger partial charge in [-0.3, -0.25) is 4.99 Å². The van der Waals surface area contributed by atoms with Crippen molar-refractivity contribution in [1.82, 2.24) is 10.2 Å². The molecule has 1 atom stereocenters. The van der Waals surface area contributed by atoms with Gasteiger partial charge in [-0.05, 0) is 43.9 Å². The first-order valence-electron chi connectivity index (χ1n) is 9.88. The SMILES string of the molecule is CCNC(=NCCc1cc(Cl)c2c(c1)OCCO2)N1CCC2(CCOC2)C1. The largest absolute Gasteiger partial charge is 0.486 e. The first-order chi connectivity index (χ1) is 13.2. The molecule has 3 aliphatic heterocycles. The van der Waals surface area contributed by atoms with Gasteiger partial charge >= 0.3 is 0 Å². The summed E-state index contributed by atoms with van der Waals surface area (Å²) in [6, 6.07) is 3.97. The normalized spacial score (nSPS) is 24.7. The van der Waals surface area contributed by atoms with Gasteiger partial charge in [-0.15, -0.1) is 0 Å². The van der Waals surface area contributed by atoms with Gasteiger partial charge in [-0.2, -0.15) is 0 Å². The van der Waals surface area contributed by atoms with Crippen LogP contribution < -0.4 is 14.8 Å². The Labute approximate surface area is 165 Å². The average molecular weight is 394 g/mol. The van der Waals surface area contributed by atoms with E-state index in [0.717, 1.165) is 56.5 Å². The van der Waals surface area contributed by atoms with Crippen LogP contribution in [0.5, 0.6) is 11.5 Å². The fraction of sp³-hybridized carbons (Fsp3) is 0.650. The molecule has 7 heteroatoms. The highest BCUT2D eigenvalue weighted by Gasteiger charge is 2.42. The van der Waals surface area contributed by atoms with Gasteiger partial charge in [0.05, 0.1) is 11.6 Å². The van der Waals surface area contributed by atoms with E-state index in [2.05, 4.69) is 17.1 Å². The van der Waals surface area contributed by atoms with E-state index in [1.807, 2.05) is 12.1 Å². The third kappa shape index (κ3) is 4.11. The lowest BCUT2D eigenvalue weighted by Crippen LogP contribution is -2.41. The molecule has 3 heterocycles. The maximum Gasteiger partial charge on any atom is 0.193 e. The molecule has 4 rings (SSSR count). The number of likely N-dealkylation sites (tertiary alicyclic amines) is 1. The van der Waals surface area contributed by atoms with Gasteiger partial charge in [0.1, 0.15) is 13.2 Å². The van der Waals surface area contributed by atoms with E-state index in [9.17, 15) is 0 Å². The summed E-state index contributed by atoms with van der Waals surface area (Å²) in [5.41, 5.74) is 1.45. The van der Waals surface area contributed by atoms with Crippen molar-refractivity contribution in [2.45, 2.75) is 26.2 Å². The molecule has 0 radical (unpaired) electrons. The standard InChI is InChI=1S/C20H28ClN3O3/c1-2-22-19(24-7-4-20(13-24)5-8-25-14-20)23-6-3-15-11-16(21)18-17(12-15)26-9-10-27-18/h11-12H,2-10,13-14H2,1H3,(H,22,23). The quantitative estimate of drug-likeness (QED) is 0.629. The summed E-state index contributed by atoms with van der Waals surface area (Å²) in [5.74, 6) is 2.40. The summed E-state index contributed by atoms with van der Waals surface area (Å²) in [7, 11) is 0. The smallest absolute Gasteiger partial charge is 0.193 e. The van der Waals surface area contributed by atoms with Crippen molar-refractivity contribution in [3.05, 3.63) is 22.7 Å². The summed E-state index contributed by atoms with van der Waals surface area (Å²) < 4.78 is 16.9. The predicted octanol–water partition coefficient (Wildman–Crippen LogP) is 2.73. The molecule has 3 aliphatic rings. The minimum atomic E-state index is 0.333. The lowest BCUT2D eigenvalue weighted by Gasteiger charge is -2.25. The molecule has 0 bridgehead atoms. The van der Waals surface area contributed by atoms with Crippen molar-refractivity contribution >= 4 is 17.6 Å². The Morgan fingerprint density at radius 3 is 2.96 bits per heavy atom. The van der Waals surface area contributed by atoms with E-state index in [4.69, 9.17) is 30.8 Å². The van der Waals surface area contributed by atoms with Gasteiger partial charge in [0.25, 0.3) is 0 Å². The van der Waals surface area contributed by atoms with Crippen molar-refractivity contribution in [2.75, 3.05) is 52.6 Å². The third-order valence-electron chi connectivity index (χ3n) is 5.58. The summed E-state index contributed by atoms with van der Waals surface area (Å²) in [6.45, 7) is 8.67. The van der Waals surface area contributed by atoms with Crippen LogP contribution in [-0.4, -0.2) is 63.5 Å². The third-order valence-corrected chi connectivity index (χ3v) is 5.86. The molecular weight excluding hydrogens is 366 g/mol. The minimum Gasteiger partial charge on any atom is -0.486 e. The van der Waals surface area contributed by atoms with Gasteiger partial charge in [0.15, 0.2) is 17.5 Å². The molecule has 1 unspecified atom stereocenters. The summed E-state index contributed by atoms with van der Waals surface area (Å²) in [5, 5.41) is 4.05. The monoisotopic (exact) mass is 393 g/mol. The number of ether oxygens (including phenoxy) is 3. The molecule has 1 aromatic carbocycles. The molecule has 2 fully saturated rings. The van der Waals surface area contributed by atoms with Gasteiger partial charge in [-0.1, -0.05) is 11.6 Å². The fourth-order valence-corrected chi connectivity index (χ4v) is 4.40. The van der Waals surface area contributed by atoms with Crippen molar-refractivity contribution < 1.29 is 14.2 Å². The molecule has 27 heavy (non-hydrogen) atoms. The fourth-order valence-electron chi connectivity index (χ4n) is 4.11. The van der Waals surface area contributed by atoms with Gasteiger partial charge in [-0.25, -0.2) is 0 Å². The Balaban J connectivity index is 1.40. The zero-order chi connectivity index (χ0) is 18.7. The number of aliphatic imine (C=N–C) groups is 1. The number of fused-ring (bicyclic) bond motifs is 1.